The zero-order valence-corrected chi connectivity index (χ0v) is 9.70. The molecule has 0 aliphatic heterocycles. The van der Waals surface area contributed by atoms with Crippen LogP contribution in [0.5, 0.6) is 0 Å². The number of benzene rings is 1. The fourth-order valence-corrected chi connectivity index (χ4v) is 1.89. The van der Waals surface area contributed by atoms with E-state index in [1.807, 2.05) is 12.1 Å². The molecule has 2 rings (SSSR count). The molecule has 2 aromatic rings. The molecule has 0 amide bonds. The van der Waals surface area contributed by atoms with Crippen molar-refractivity contribution < 1.29 is 4.42 Å². The van der Waals surface area contributed by atoms with E-state index >= 15 is 0 Å². The van der Waals surface area contributed by atoms with Crippen LogP contribution in [0.2, 0.25) is 0 Å². The Morgan fingerprint density at radius 3 is 2.85 bits per heavy atom. The first-order valence-corrected chi connectivity index (χ1v) is 5.31. The lowest BCUT2D eigenvalue weighted by molar-refractivity contribution is 0.566. The molecule has 0 radical (unpaired) electrons. The second-order valence-corrected chi connectivity index (χ2v) is 4.24. The van der Waals surface area contributed by atoms with Gasteiger partial charge >= 0.3 is 0 Å². The lowest BCUT2D eigenvalue weighted by Gasteiger charge is -2.03. The van der Waals surface area contributed by atoms with E-state index in [1.54, 1.807) is 0 Å². The number of fused-ring (bicyclic) bond motifs is 1. The molecule has 1 aromatic carbocycles. The fourth-order valence-electron chi connectivity index (χ4n) is 1.41. The summed E-state index contributed by atoms with van der Waals surface area (Å²) >= 11 is 2.10. The molecule has 0 atom stereocenters. The maximum absolute atomic E-state index is 5.43. The summed E-state index contributed by atoms with van der Waals surface area (Å²) in [5, 5.41) is 0. The predicted octanol–water partition coefficient (Wildman–Crippen LogP) is 3.56. The third-order valence-corrected chi connectivity index (χ3v) is 2.51. The van der Waals surface area contributed by atoms with Crippen LogP contribution in [0.15, 0.2) is 22.6 Å². The van der Waals surface area contributed by atoms with Crippen molar-refractivity contribution in [3.8, 4) is 0 Å². The van der Waals surface area contributed by atoms with Crippen molar-refractivity contribution in [3.05, 3.63) is 27.7 Å². The van der Waals surface area contributed by atoms with Gasteiger partial charge in [0.25, 0.3) is 3.90 Å². The normalized spacial score (nSPS) is 11.4. The first kappa shape index (κ1) is 8.99. The summed E-state index contributed by atoms with van der Waals surface area (Å²) in [5.74, 6) is 0.490. The van der Waals surface area contributed by atoms with Crippen molar-refractivity contribution in [1.82, 2.24) is 4.98 Å². The first-order chi connectivity index (χ1) is 6.18. The van der Waals surface area contributed by atoms with Gasteiger partial charge in [-0.15, -0.1) is 0 Å². The molecule has 3 heteroatoms. The topological polar surface area (TPSA) is 26.0 Å². The van der Waals surface area contributed by atoms with Gasteiger partial charge in [-0.05, 0) is 17.5 Å². The molecule has 0 N–H and O–H groups in total. The molecule has 13 heavy (non-hydrogen) atoms. The summed E-state index contributed by atoms with van der Waals surface area (Å²) in [6.45, 7) is 4.33. The summed E-state index contributed by atoms with van der Waals surface area (Å²) in [6, 6.07) is 6.07. The third kappa shape index (κ3) is 1.57. The smallest absolute Gasteiger partial charge is 0.258 e. The van der Waals surface area contributed by atoms with Crippen molar-refractivity contribution >= 4 is 33.7 Å². The number of hydrogen-bond acceptors (Lipinski definition) is 2. The Balaban J connectivity index is 2.75. The maximum atomic E-state index is 5.43. The van der Waals surface area contributed by atoms with E-state index in [2.05, 4.69) is 47.5 Å². The Labute approximate surface area is 90.5 Å². The Morgan fingerprint density at radius 1 is 1.38 bits per heavy atom. The summed E-state index contributed by atoms with van der Waals surface area (Å²) in [7, 11) is 0. The van der Waals surface area contributed by atoms with E-state index in [0.29, 0.717) is 9.82 Å². The largest absolute Gasteiger partial charge is 0.432 e. The van der Waals surface area contributed by atoms with Crippen molar-refractivity contribution in [2.75, 3.05) is 0 Å². The van der Waals surface area contributed by atoms with Gasteiger partial charge in [0.1, 0.15) is 5.52 Å². The van der Waals surface area contributed by atoms with Crippen LogP contribution in [0.3, 0.4) is 0 Å². The molecule has 0 unspecified atom stereocenters. The van der Waals surface area contributed by atoms with E-state index in [9.17, 15) is 0 Å². The van der Waals surface area contributed by atoms with Gasteiger partial charge in [0, 0.05) is 22.6 Å². The number of oxazole rings is 1. The third-order valence-electron chi connectivity index (χ3n) is 2.05. The highest BCUT2D eigenvalue weighted by Crippen LogP contribution is 2.25. The monoisotopic (exact) mass is 287 g/mol. The Hall–Kier alpha value is -0.580. The number of nitrogens with zero attached hydrogens (tertiary/aromatic N) is 1. The van der Waals surface area contributed by atoms with Crippen LogP contribution >= 0.6 is 22.6 Å². The molecule has 2 nitrogen and oxygen atoms in total. The average molecular weight is 287 g/mol. The van der Waals surface area contributed by atoms with E-state index < -0.39 is 0 Å². The van der Waals surface area contributed by atoms with Crippen molar-refractivity contribution in [1.29, 1.82) is 0 Å². The van der Waals surface area contributed by atoms with Gasteiger partial charge in [0.2, 0.25) is 0 Å². The molecule has 68 valence electrons. The number of para-hydroxylation sites is 1. The summed E-state index contributed by atoms with van der Waals surface area (Å²) in [4.78, 5) is 4.35. The van der Waals surface area contributed by atoms with Crippen LogP contribution in [0.25, 0.3) is 11.1 Å². The highest BCUT2D eigenvalue weighted by molar-refractivity contribution is 14.1. The number of halogens is 1. The average Bonchev–Trinajstić information content (AvgIpc) is 2.43. The van der Waals surface area contributed by atoms with Gasteiger partial charge in [0.05, 0.1) is 0 Å². The maximum Gasteiger partial charge on any atom is 0.258 e. The minimum absolute atomic E-state index is 0.490. The Kier molecular flexibility index (Phi) is 2.27. The SMILES string of the molecule is CC(C)c1cccc2oc(I)nc12. The lowest BCUT2D eigenvalue weighted by Crippen LogP contribution is -1.88. The molecule has 1 aromatic heterocycles. The first-order valence-electron chi connectivity index (χ1n) is 4.23. The number of aromatic nitrogens is 1. The highest BCUT2D eigenvalue weighted by Gasteiger charge is 2.09. The van der Waals surface area contributed by atoms with Gasteiger partial charge in [0.15, 0.2) is 5.58 Å². The fraction of sp³-hybridized carbons (Fsp3) is 0.300. The molecular weight excluding hydrogens is 277 g/mol. The zero-order valence-electron chi connectivity index (χ0n) is 7.54. The molecule has 0 spiro atoms. The molecule has 0 aliphatic carbocycles. The van der Waals surface area contributed by atoms with Crippen molar-refractivity contribution in [2.45, 2.75) is 19.8 Å². The van der Waals surface area contributed by atoms with Crippen LogP contribution in [-0.2, 0) is 0 Å². The van der Waals surface area contributed by atoms with Gasteiger partial charge < -0.3 is 4.42 Å². The molecule has 0 bridgehead atoms. The minimum atomic E-state index is 0.490. The van der Waals surface area contributed by atoms with Gasteiger partial charge in [-0.3, -0.25) is 0 Å². The molecule has 0 fully saturated rings. The van der Waals surface area contributed by atoms with Crippen LogP contribution in [-0.4, -0.2) is 4.98 Å². The zero-order chi connectivity index (χ0) is 9.42. The summed E-state index contributed by atoms with van der Waals surface area (Å²) < 4.78 is 6.14. The standard InChI is InChI=1S/C10H10INO/c1-6(2)7-4-3-5-8-9(7)12-10(11)13-8/h3-6H,1-2H3. The highest BCUT2D eigenvalue weighted by atomic mass is 127. The number of rotatable bonds is 1. The molecule has 0 saturated carbocycles. The molecular formula is C10H10INO. The van der Waals surface area contributed by atoms with Crippen LogP contribution < -0.4 is 0 Å². The minimum Gasteiger partial charge on any atom is -0.432 e. The number of hydrogen-bond donors (Lipinski definition) is 0. The predicted molar refractivity (Wildman–Crippen MR) is 60.8 cm³/mol. The van der Waals surface area contributed by atoms with E-state index in [0.717, 1.165) is 11.1 Å². The summed E-state index contributed by atoms with van der Waals surface area (Å²) in [5.41, 5.74) is 3.14. The molecule has 0 aliphatic rings. The van der Waals surface area contributed by atoms with Crippen LogP contribution in [0, 0.1) is 3.90 Å². The Morgan fingerprint density at radius 2 is 2.15 bits per heavy atom. The summed E-state index contributed by atoms with van der Waals surface area (Å²) in [6.07, 6.45) is 0. The Bertz CT molecular complexity index is 433. The quantitative estimate of drug-likeness (QED) is 0.750. The van der Waals surface area contributed by atoms with Gasteiger partial charge in [-0.2, -0.15) is 0 Å². The van der Waals surface area contributed by atoms with Crippen LogP contribution in [0.4, 0.5) is 0 Å². The van der Waals surface area contributed by atoms with Crippen molar-refractivity contribution in [2.24, 2.45) is 0 Å². The molecule has 1 heterocycles. The van der Waals surface area contributed by atoms with Gasteiger partial charge in [-0.25, -0.2) is 4.98 Å². The molecule has 0 saturated heterocycles. The van der Waals surface area contributed by atoms with Crippen LogP contribution in [0.1, 0.15) is 25.3 Å². The van der Waals surface area contributed by atoms with E-state index in [4.69, 9.17) is 4.42 Å². The lowest BCUT2D eigenvalue weighted by atomic mass is 10.0. The van der Waals surface area contributed by atoms with E-state index in [1.165, 1.54) is 5.56 Å². The second-order valence-electron chi connectivity index (χ2n) is 3.32. The van der Waals surface area contributed by atoms with E-state index in [-0.39, 0.29) is 0 Å². The second kappa shape index (κ2) is 3.29. The van der Waals surface area contributed by atoms with Crippen molar-refractivity contribution in [3.63, 3.8) is 0 Å². The van der Waals surface area contributed by atoms with Gasteiger partial charge in [-0.1, -0.05) is 26.0 Å².